The van der Waals surface area contributed by atoms with Gasteiger partial charge in [0.2, 0.25) is 5.91 Å². The molecule has 1 saturated carbocycles. The van der Waals surface area contributed by atoms with Crippen LogP contribution in [0.1, 0.15) is 65.7 Å². The van der Waals surface area contributed by atoms with Crippen molar-refractivity contribution in [3.63, 3.8) is 0 Å². The molecule has 0 unspecified atom stereocenters. The Balaban J connectivity index is 1.23. The topological polar surface area (TPSA) is 86.8 Å². The monoisotopic (exact) mass is 543 g/mol. The minimum Gasteiger partial charge on any atom is -0.340 e. The molecular weight excluding hydrogens is 510 g/mol. The molecule has 2 saturated heterocycles. The number of Topliss-reactive ketones (excluding diaryl/α,β-unsaturated/α-hetero) is 1. The number of fused-ring (bicyclic) bond motifs is 2. The number of hydrogen-bond acceptors (Lipinski definition) is 5. The minimum absolute atomic E-state index is 0.00733. The number of ketones is 1. The summed E-state index contributed by atoms with van der Waals surface area (Å²) in [6.45, 7) is 0.407. The van der Waals surface area contributed by atoms with Gasteiger partial charge < -0.3 is 15.1 Å². The summed E-state index contributed by atoms with van der Waals surface area (Å²) in [4.78, 5) is 57.3. The number of nitrogens with one attached hydrogen (secondary N) is 1. The maximum atomic E-state index is 14.1. The van der Waals surface area contributed by atoms with E-state index in [1.165, 1.54) is 17.8 Å². The van der Waals surface area contributed by atoms with Crippen LogP contribution in [0.4, 0.5) is 0 Å². The zero-order chi connectivity index (χ0) is 26.9. The Kier molecular flexibility index (Phi) is 7.21. The molecule has 1 N–H and O–H groups in total. The Bertz CT molecular complexity index is 1400. The zero-order valence-electron chi connectivity index (χ0n) is 21.9. The van der Waals surface area contributed by atoms with E-state index in [0.29, 0.717) is 36.4 Å². The van der Waals surface area contributed by atoms with Crippen LogP contribution in [-0.4, -0.2) is 64.5 Å². The summed E-state index contributed by atoms with van der Waals surface area (Å²) in [7, 11) is 0. The average Bonchev–Trinajstić information content (AvgIpc) is 3.68. The summed E-state index contributed by atoms with van der Waals surface area (Å²) >= 11 is 1.51. The summed E-state index contributed by atoms with van der Waals surface area (Å²) in [6, 6.07) is 15.1. The van der Waals surface area contributed by atoms with Gasteiger partial charge in [-0.05, 0) is 37.0 Å². The quantitative estimate of drug-likeness (QED) is 0.490. The Morgan fingerprint density at radius 3 is 2.46 bits per heavy atom. The van der Waals surface area contributed by atoms with Crippen LogP contribution in [-0.2, 0) is 9.59 Å². The van der Waals surface area contributed by atoms with Crippen molar-refractivity contribution in [3.8, 4) is 0 Å². The number of hydrogen-bond donors (Lipinski definition) is 1. The van der Waals surface area contributed by atoms with Crippen molar-refractivity contribution in [1.29, 1.82) is 0 Å². The second kappa shape index (κ2) is 10.9. The number of carbonyl (C=O) groups is 4. The van der Waals surface area contributed by atoms with Gasteiger partial charge >= 0.3 is 0 Å². The van der Waals surface area contributed by atoms with E-state index < -0.39 is 12.1 Å². The molecule has 0 radical (unpaired) electrons. The maximum Gasteiger partial charge on any atom is 0.254 e. The minimum atomic E-state index is -0.704. The summed E-state index contributed by atoms with van der Waals surface area (Å²) in [6.07, 6.45) is 6.70. The van der Waals surface area contributed by atoms with Crippen molar-refractivity contribution >= 4 is 44.9 Å². The third-order valence-corrected chi connectivity index (χ3v) is 9.57. The predicted molar refractivity (Wildman–Crippen MR) is 151 cm³/mol. The van der Waals surface area contributed by atoms with Crippen LogP contribution >= 0.6 is 11.3 Å². The molecule has 8 heteroatoms. The molecule has 1 aliphatic carbocycles. The number of thiophene rings is 1. The molecule has 3 aliphatic rings. The highest BCUT2D eigenvalue weighted by molar-refractivity contribution is 7.17. The Hall–Kier alpha value is -3.52. The summed E-state index contributed by atoms with van der Waals surface area (Å²) < 4.78 is 1.03. The SMILES string of the molecule is O=C(N[C@@H](CC1CCCCC1)C(=O)N1CC[C@@H]2[C@H]1C(=O)CN2C(=O)c1ccccc1)c1csc2ccccc12. The largest absolute Gasteiger partial charge is 0.340 e. The first-order valence-electron chi connectivity index (χ1n) is 14.0. The average molecular weight is 544 g/mol. The van der Waals surface area contributed by atoms with Gasteiger partial charge in [-0.25, -0.2) is 0 Å². The van der Waals surface area contributed by atoms with E-state index in [4.69, 9.17) is 0 Å². The number of rotatable bonds is 6. The molecule has 6 rings (SSSR count). The van der Waals surface area contributed by atoms with Gasteiger partial charge in [0.15, 0.2) is 5.78 Å². The number of likely N-dealkylation sites (tertiary alicyclic amines) is 2. The van der Waals surface area contributed by atoms with Crippen LogP contribution in [0.25, 0.3) is 10.1 Å². The molecule has 202 valence electrons. The van der Waals surface area contributed by atoms with Crippen LogP contribution < -0.4 is 5.32 Å². The third-order valence-electron chi connectivity index (χ3n) is 8.61. The van der Waals surface area contributed by atoms with Crippen LogP contribution in [0.15, 0.2) is 60.0 Å². The van der Waals surface area contributed by atoms with Gasteiger partial charge in [-0.2, -0.15) is 0 Å². The molecule has 3 aromatic rings. The second-order valence-electron chi connectivity index (χ2n) is 11.0. The lowest BCUT2D eigenvalue weighted by Crippen LogP contribution is -2.53. The molecule has 2 aliphatic heterocycles. The second-order valence-corrected chi connectivity index (χ2v) is 11.9. The highest BCUT2D eigenvalue weighted by atomic mass is 32.1. The Morgan fingerprint density at radius 2 is 1.67 bits per heavy atom. The Morgan fingerprint density at radius 1 is 0.923 bits per heavy atom. The number of nitrogens with zero attached hydrogens (tertiary/aromatic N) is 2. The number of benzene rings is 2. The van der Waals surface area contributed by atoms with Gasteiger partial charge in [-0.3, -0.25) is 19.2 Å². The summed E-state index contributed by atoms with van der Waals surface area (Å²) in [5.41, 5.74) is 1.12. The van der Waals surface area contributed by atoms with E-state index >= 15 is 0 Å². The first kappa shape index (κ1) is 25.7. The van der Waals surface area contributed by atoms with Crippen molar-refractivity contribution in [2.24, 2.45) is 5.92 Å². The van der Waals surface area contributed by atoms with Crippen LogP contribution in [0.5, 0.6) is 0 Å². The molecule has 2 aromatic carbocycles. The fourth-order valence-corrected chi connectivity index (χ4v) is 7.59. The Labute approximate surface area is 232 Å². The molecule has 7 nitrogen and oxygen atoms in total. The van der Waals surface area contributed by atoms with E-state index in [1.54, 1.807) is 21.9 Å². The van der Waals surface area contributed by atoms with Crippen LogP contribution in [0, 0.1) is 5.92 Å². The van der Waals surface area contributed by atoms with E-state index in [1.807, 2.05) is 47.8 Å². The lowest BCUT2D eigenvalue weighted by Gasteiger charge is -2.31. The molecule has 3 atom stereocenters. The van der Waals surface area contributed by atoms with Gasteiger partial charge in [-0.15, -0.1) is 11.3 Å². The normalized spacial score (nSPS) is 22.2. The molecule has 3 amide bonds. The first-order valence-corrected chi connectivity index (χ1v) is 14.9. The lowest BCUT2D eigenvalue weighted by atomic mass is 9.84. The summed E-state index contributed by atoms with van der Waals surface area (Å²) in [5, 5.41) is 5.80. The standard InChI is InChI=1S/C31H33N3O4S/c35-26-18-34(30(37)21-11-5-2-6-12-21)25-15-16-33(28(25)26)31(38)24(17-20-9-3-1-4-10-20)32-29(36)23-19-39-27-14-8-7-13-22(23)27/h2,5-8,11-14,19-20,24-25,28H,1,3-4,9-10,15-18H2,(H,32,36)/t24-,25+,28-/m0/s1. The van der Waals surface area contributed by atoms with Gasteiger partial charge in [0.05, 0.1) is 18.2 Å². The van der Waals surface area contributed by atoms with Crippen molar-refractivity contribution in [2.45, 2.75) is 63.1 Å². The van der Waals surface area contributed by atoms with Crippen molar-refractivity contribution in [3.05, 3.63) is 71.1 Å². The summed E-state index contributed by atoms with van der Waals surface area (Å²) in [5.74, 6) is -0.385. The number of carbonyl (C=O) groups excluding carboxylic acids is 4. The van der Waals surface area contributed by atoms with Gasteiger partial charge in [0, 0.05) is 27.6 Å². The molecule has 3 fully saturated rings. The molecule has 0 spiro atoms. The fourth-order valence-electron chi connectivity index (χ4n) is 6.65. The van der Waals surface area contributed by atoms with Gasteiger partial charge in [0.1, 0.15) is 12.1 Å². The maximum absolute atomic E-state index is 14.1. The molecule has 39 heavy (non-hydrogen) atoms. The van der Waals surface area contributed by atoms with E-state index in [0.717, 1.165) is 35.8 Å². The van der Waals surface area contributed by atoms with E-state index in [-0.39, 0.29) is 36.1 Å². The van der Waals surface area contributed by atoms with Crippen LogP contribution in [0.3, 0.4) is 0 Å². The van der Waals surface area contributed by atoms with Gasteiger partial charge in [0.25, 0.3) is 11.8 Å². The van der Waals surface area contributed by atoms with E-state index in [2.05, 4.69) is 5.32 Å². The van der Waals surface area contributed by atoms with E-state index in [9.17, 15) is 19.2 Å². The van der Waals surface area contributed by atoms with Crippen molar-refractivity contribution < 1.29 is 19.2 Å². The van der Waals surface area contributed by atoms with Crippen molar-refractivity contribution in [1.82, 2.24) is 15.1 Å². The molecule has 0 bridgehead atoms. The third kappa shape index (κ3) is 4.98. The van der Waals surface area contributed by atoms with Crippen LogP contribution in [0.2, 0.25) is 0 Å². The molecule has 1 aromatic heterocycles. The highest BCUT2D eigenvalue weighted by Crippen LogP contribution is 2.34. The predicted octanol–water partition coefficient (Wildman–Crippen LogP) is 4.66. The highest BCUT2D eigenvalue weighted by Gasteiger charge is 2.52. The smallest absolute Gasteiger partial charge is 0.254 e. The lowest BCUT2D eigenvalue weighted by molar-refractivity contribution is -0.138. The fraction of sp³-hybridized carbons (Fsp3) is 0.419. The molecular formula is C31H33N3O4S. The molecule has 3 heterocycles. The number of amides is 3. The first-order chi connectivity index (χ1) is 19.0. The van der Waals surface area contributed by atoms with Crippen molar-refractivity contribution in [2.75, 3.05) is 13.1 Å². The zero-order valence-corrected chi connectivity index (χ0v) is 22.7. The van der Waals surface area contributed by atoms with Gasteiger partial charge in [-0.1, -0.05) is 68.5 Å².